The van der Waals surface area contributed by atoms with Gasteiger partial charge in [0, 0.05) is 0 Å². The first-order chi connectivity index (χ1) is 14.4. The Morgan fingerprint density at radius 3 is 2.40 bits per heavy atom. The largest absolute Gasteiger partial charge is 0.494 e. The summed E-state index contributed by atoms with van der Waals surface area (Å²) >= 11 is 0. The van der Waals surface area contributed by atoms with Crippen LogP contribution in [-0.2, 0) is 16.6 Å². The Hall–Kier alpha value is -3.39. The van der Waals surface area contributed by atoms with Gasteiger partial charge in [-0.2, -0.15) is 4.31 Å². The maximum Gasteiger partial charge on any atom is 0.343 e. The van der Waals surface area contributed by atoms with Crippen molar-refractivity contribution in [1.82, 2.24) is 0 Å². The molecule has 1 aliphatic heterocycles. The number of rotatable bonds is 5. The maximum atomic E-state index is 13.7. The van der Waals surface area contributed by atoms with Crippen LogP contribution < -0.4 is 13.9 Å². The number of carbonyl (C=O) groups excluding carboxylic acids is 1. The summed E-state index contributed by atoms with van der Waals surface area (Å²) < 4.78 is 46.4. The number of hydrogen-bond donors (Lipinski definition) is 0. The van der Waals surface area contributed by atoms with Crippen LogP contribution in [0.5, 0.6) is 5.75 Å². The molecule has 0 N–H and O–H groups in total. The highest BCUT2D eigenvalue weighted by Gasteiger charge is 2.42. The first-order valence-corrected chi connectivity index (χ1v) is 10.8. The molecular formula is C22H19FN2O4S. The fourth-order valence-electron chi connectivity index (χ4n) is 3.38. The average Bonchev–Trinajstić information content (AvgIpc) is 2.73. The number of anilines is 2. The van der Waals surface area contributed by atoms with Crippen molar-refractivity contribution < 1.29 is 22.3 Å². The second-order valence-corrected chi connectivity index (χ2v) is 8.42. The molecule has 6 nitrogen and oxygen atoms in total. The third-order valence-electron chi connectivity index (χ3n) is 4.69. The molecule has 2 amide bonds. The van der Waals surface area contributed by atoms with E-state index in [1.165, 1.54) is 35.2 Å². The summed E-state index contributed by atoms with van der Waals surface area (Å²) in [6.45, 7) is 2.33. The second-order valence-electron chi connectivity index (χ2n) is 6.66. The zero-order valence-electron chi connectivity index (χ0n) is 16.2. The molecule has 0 aromatic heterocycles. The Morgan fingerprint density at radius 1 is 0.967 bits per heavy atom. The lowest BCUT2D eigenvalue weighted by Crippen LogP contribution is -2.50. The van der Waals surface area contributed by atoms with Crippen LogP contribution in [0.1, 0.15) is 12.5 Å². The Morgan fingerprint density at radius 2 is 1.70 bits per heavy atom. The fraction of sp³-hybridized carbons (Fsp3) is 0.136. The normalized spacial score (nSPS) is 15.1. The smallest absolute Gasteiger partial charge is 0.343 e. The van der Waals surface area contributed by atoms with Gasteiger partial charge >= 0.3 is 6.03 Å². The summed E-state index contributed by atoms with van der Waals surface area (Å²) in [5.41, 5.74) is 1.00. The highest BCUT2D eigenvalue weighted by molar-refractivity contribution is 7.94. The van der Waals surface area contributed by atoms with Gasteiger partial charge in [-0.25, -0.2) is 17.6 Å². The minimum atomic E-state index is -4.12. The van der Waals surface area contributed by atoms with E-state index < -0.39 is 21.9 Å². The summed E-state index contributed by atoms with van der Waals surface area (Å²) in [6, 6.07) is 17.7. The highest BCUT2D eigenvalue weighted by atomic mass is 32.2. The van der Waals surface area contributed by atoms with Crippen LogP contribution in [0.4, 0.5) is 20.6 Å². The van der Waals surface area contributed by atoms with E-state index in [1.54, 1.807) is 42.5 Å². The maximum absolute atomic E-state index is 13.7. The molecule has 3 aromatic carbocycles. The number of benzene rings is 3. The molecule has 0 atom stereocenters. The molecule has 0 unspecified atom stereocenters. The third-order valence-corrected chi connectivity index (χ3v) is 6.44. The molecule has 1 aliphatic rings. The van der Waals surface area contributed by atoms with Crippen molar-refractivity contribution in [3.63, 3.8) is 0 Å². The van der Waals surface area contributed by atoms with Crippen LogP contribution in [0, 0.1) is 5.82 Å². The van der Waals surface area contributed by atoms with Gasteiger partial charge in [0.25, 0.3) is 10.0 Å². The predicted molar refractivity (Wildman–Crippen MR) is 112 cm³/mol. The van der Waals surface area contributed by atoms with Crippen molar-refractivity contribution in [2.24, 2.45) is 0 Å². The van der Waals surface area contributed by atoms with Crippen molar-refractivity contribution >= 4 is 27.4 Å². The minimum absolute atomic E-state index is 0.00916. The molecule has 0 saturated heterocycles. The van der Waals surface area contributed by atoms with Crippen LogP contribution >= 0.6 is 0 Å². The van der Waals surface area contributed by atoms with Gasteiger partial charge in [0.2, 0.25) is 0 Å². The number of urea groups is 1. The van der Waals surface area contributed by atoms with Gasteiger partial charge in [-0.3, -0.25) is 4.90 Å². The van der Waals surface area contributed by atoms with Crippen molar-refractivity contribution in [2.75, 3.05) is 15.8 Å². The molecule has 0 bridgehead atoms. The van der Waals surface area contributed by atoms with Crippen LogP contribution in [0.25, 0.3) is 0 Å². The molecule has 1 heterocycles. The van der Waals surface area contributed by atoms with E-state index in [9.17, 15) is 17.6 Å². The number of para-hydroxylation sites is 1. The number of halogens is 1. The van der Waals surface area contributed by atoms with Crippen molar-refractivity contribution in [3.8, 4) is 5.75 Å². The average molecular weight is 426 g/mol. The lowest BCUT2D eigenvalue weighted by Gasteiger charge is -2.36. The predicted octanol–water partition coefficient (Wildman–Crippen LogP) is 4.56. The standard InChI is InChI=1S/C22H19FN2O4S/c1-2-29-19-12-10-18(11-13-19)25-22(26)24(15-16-6-5-7-17(23)14-16)20-8-3-4-9-21(20)30(25,27)28/h3-14H,2,15H2,1H3. The molecule has 0 saturated carbocycles. The van der Waals surface area contributed by atoms with Crippen molar-refractivity contribution in [3.05, 3.63) is 84.2 Å². The molecular weight excluding hydrogens is 407 g/mol. The van der Waals surface area contributed by atoms with Crippen molar-refractivity contribution in [1.29, 1.82) is 0 Å². The van der Waals surface area contributed by atoms with Gasteiger partial charge in [-0.15, -0.1) is 0 Å². The van der Waals surface area contributed by atoms with E-state index >= 15 is 0 Å². The molecule has 3 aromatic rings. The summed E-state index contributed by atoms with van der Waals surface area (Å²) in [6.07, 6.45) is 0. The summed E-state index contributed by atoms with van der Waals surface area (Å²) in [7, 11) is -4.12. The number of nitrogens with zero attached hydrogens (tertiary/aromatic N) is 2. The van der Waals surface area contributed by atoms with E-state index in [0.717, 1.165) is 4.31 Å². The van der Waals surface area contributed by atoms with Crippen LogP contribution in [0.3, 0.4) is 0 Å². The molecule has 154 valence electrons. The zero-order chi connectivity index (χ0) is 21.3. The van der Waals surface area contributed by atoms with Gasteiger partial charge in [-0.1, -0.05) is 24.3 Å². The third kappa shape index (κ3) is 3.50. The monoisotopic (exact) mass is 426 g/mol. The van der Waals surface area contributed by atoms with Gasteiger partial charge in [0.1, 0.15) is 16.5 Å². The van der Waals surface area contributed by atoms with Crippen LogP contribution in [-0.4, -0.2) is 21.1 Å². The Balaban J connectivity index is 1.81. The summed E-state index contributed by atoms with van der Waals surface area (Å²) in [4.78, 5) is 14.7. The molecule has 8 heteroatoms. The molecule has 0 spiro atoms. The van der Waals surface area contributed by atoms with E-state index in [1.807, 2.05) is 6.92 Å². The van der Waals surface area contributed by atoms with E-state index in [2.05, 4.69) is 0 Å². The second kappa shape index (κ2) is 7.79. The Kier molecular flexibility index (Phi) is 5.17. The van der Waals surface area contributed by atoms with Gasteiger partial charge in [0.15, 0.2) is 0 Å². The number of sulfonamides is 1. The quantitative estimate of drug-likeness (QED) is 0.600. The van der Waals surface area contributed by atoms with E-state index in [4.69, 9.17) is 4.74 Å². The number of hydrogen-bond acceptors (Lipinski definition) is 4. The van der Waals surface area contributed by atoms with Crippen molar-refractivity contribution in [2.45, 2.75) is 18.4 Å². The van der Waals surface area contributed by atoms with Gasteiger partial charge in [0.05, 0.1) is 24.5 Å². The zero-order valence-corrected chi connectivity index (χ0v) is 17.0. The SMILES string of the molecule is CCOc1ccc(N2C(=O)N(Cc3cccc(F)c3)c3ccccc3S2(=O)=O)cc1. The van der Waals surface area contributed by atoms with Crippen LogP contribution in [0.15, 0.2) is 77.7 Å². The summed E-state index contributed by atoms with van der Waals surface area (Å²) in [5, 5.41) is 0. The molecule has 0 radical (unpaired) electrons. The van der Waals surface area contributed by atoms with Gasteiger partial charge < -0.3 is 4.74 Å². The number of fused-ring (bicyclic) bond motifs is 1. The molecule has 30 heavy (non-hydrogen) atoms. The van der Waals surface area contributed by atoms with E-state index in [0.29, 0.717) is 17.9 Å². The fourth-order valence-corrected chi connectivity index (χ4v) is 4.97. The molecule has 4 rings (SSSR count). The Bertz CT molecular complexity index is 1200. The number of ether oxygens (including phenoxy) is 1. The Labute approximate surface area is 174 Å². The lowest BCUT2D eigenvalue weighted by atomic mass is 10.2. The minimum Gasteiger partial charge on any atom is -0.494 e. The highest BCUT2D eigenvalue weighted by Crippen LogP contribution is 2.38. The first-order valence-electron chi connectivity index (χ1n) is 9.35. The number of amides is 2. The lowest BCUT2D eigenvalue weighted by molar-refractivity contribution is 0.253. The first kappa shape index (κ1) is 19.9. The van der Waals surface area contributed by atoms with E-state index in [-0.39, 0.29) is 22.8 Å². The van der Waals surface area contributed by atoms with Crippen LogP contribution in [0.2, 0.25) is 0 Å². The molecule has 0 aliphatic carbocycles. The topological polar surface area (TPSA) is 66.9 Å². The van der Waals surface area contributed by atoms with Gasteiger partial charge in [-0.05, 0) is 61.0 Å². The molecule has 0 fully saturated rings. The number of carbonyl (C=O) groups is 1. The summed E-state index contributed by atoms with van der Waals surface area (Å²) in [5.74, 6) is 0.140.